The van der Waals surface area contributed by atoms with Gasteiger partial charge < -0.3 is 5.32 Å². The average Bonchev–Trinajstić information content (AvgIpc) is 2.76. The van der Waals surface area contributed by atoms with Crippen LogP contribution in [0.3, 0.4) is 0 Å². The highest BCUT2D eigenvalue weighted by atomic mass is 15.2. The van der Waals surface area contributed by atoms with Crippen LogP contribution in [0.4, 0.5) is 0 Å². The molecule has 0 heterocycles. The molecule has 1 rings (SSSR count). The summed E-state index contributed by atoms with van der Waals surface area (Å²) >= 11 is 0. The maximum absolute atomic E-state index is 3.77. The van der Waals surface area contributed by atoms with Gasteiger partial charge in [0, 0.05) is 31.7 Å². The van der Waals surface area contributed by atoms with Gasteiger partial charge in [0.1, 0.15) is 0 Å². The van der Waals surface area contributed by atoms with Crippen LogP contribution in [0.2, 0.25) is 0 Å². The monoisotopic (exact) mass is 254 g/mol. The molecule has 18 heavy (non-hydrogen) atoms. The van der Waals surface area contributed by atoms with E-state index in [0.717, 1.165) is 24.4 Å². The molecule has 1 saturated carbocycles. The minimum atomic E-state index is 0.662. The molecule has 1 aliphatic rings. The maximum atomic E-state index is 3.77. The summed E-state index contributed by atoms with van der Waals surface area (Å²) in [5.74, 6) is 1.52. The Morgan fingerprint density at radius 1 is 0.944 bits per heavy atom. The standard InChI is InChI=1S/C16H34N2/c1-13(2)11-18(12-14(3)4)15(5)10-17-16-8-6-7-9-16/h13-17H,6-12H2,1-5H3. The number of nitrogens with zero attached hydrogens (tertiary/aromatic N) is 1. The fourth-order valence-electron chi connectivity index (χ4n) is 2.97. The van der Waals surface area contributed by atoms with Gasteiger partial charge in [0.25, 0.3) is 0 Å². The molecule has 1 unspecified atom stereocenters. The summed E-state index contributed by atoms with van der Waals surface area (Å²) in [5, 5.41) is 3.77. The van der Waals surface area contributed by atoms with Crippen molar-refractivity contribution in [3.05, 3.63) is 0 Å². The second-order valence-electron chi connectivity index (χ2n) is 6.98. The molecule has 0 radical (unpaired) electrons. The van der Waals surface area contributed by atoms with Gasteiger partial charge in [-0.15, -0.1) is 0 Å². The van der Waals surface area contributed by atoms with Crippen molar-refractivity contribution >= 4 is 0 Å². The van der Waals surface area contributed by atoms with Crippen LogP contribution < -0.4 is 5.32 Å². The molecule has 1 N–H and O–H groups in total. The number of nitrogens with one attached hydrogen (secondary N) is 1. The summed E-state index contributed by atoms with van der Waals surface area (Å²) in [6.07, 6.45) is 5.63. The topological polar surface area (TPSA) is 15.3 Å². The summed E-state index contributed by atoms with van der Waals surface area (Å²) in [6, 6.07) is 1.46. The first-order chi connectivity index (χ1) is 8.49. The normalized spacial score (nSPS) is 19.3. The molecule has 0 aromatic heterocycles. The minimum Gasteiger partial charge on any atom is -0.312 e. The first-order valence-corrected chi connectivity index (χ1v) is 7.96. The summed E-state index contributed by atoms with van der Waals surface area (Å²) in [5.41, 5.74) is 0. The molecule has 0 saturated heterocycles. The van der Waals surface area contributed by atoms with Gasteiger partial charge in [0.05, 0.1) is 0 Å². The fraction of sp³-hybridized carbons (Fsp3) is 1.00. The fourth-order valence-corrected chi connectivity index (χ4v) is 2.97. The summed E-state index contributed by atoms with van der Waals surface area (Å²) in [6.45, 7) is 15.3. The van der Waals surface area contributed by atoms with Crippen molar-refractivity contribution in [1.82, 2.24) is 10.2 Å². The van der Waals surface area contributed by atoms with Gasteiger partial charge in [-0.3, -0.25) is 4.90 Å². The Morgan fingerprint density at radius 2 is 1.44 bits per heavy atom. The van der Waals surface area contributed by atoms with Crippen LogP contribution in [0.5, 0.6) is 0 Å². The Kier molecular flexibility index (Phi) is 7.25. The molecule has 0 spiro atoms. The Morgan fingerprint density at radius 3 is 1.89 bits per heavy atom. The number of rotatable bonds is 8. The molecule has 1 aliphatic carbocycles. The van der Waals surface area contributed by atoms with Crippen LogP contribution in [0.1, 0.15) is 60.3 Å². The predicted molar refractivity (Wildman–Crippen MR) is 81.0 cm³/mol. The molecule has 0 aromatic rings. The van der Waals surface area contributed by atoms with E-state index in [2.05, 4.69) is 44.8 Å². The third-order valence-corrected chi connectivity index (χ3v) is 3.88. The van der Waals surface area contributed by atoms with Crippen LogP contribution >= 0.6 is 0 Å². The van der Waals surface area contributed by atoms with E-state index in [-0.39, 0.29) is 0 Å². The molecule has 0 amide bonds. The van der Waals surface area contributed by atoms with Crippen molar-refractivity contribution in [3.8, 4) is 0 Å². The maximum Gasteiger partial charge on any atom is 0.0192 e. The summed E-state index contributed by atoms with van der Waals surface area (Å²) < 4.78 is 0. The van der Waals surface area contributed by atoms with Crippen LogP contribution in [-0.4, -0.2) is 36.6 Å². The quantitative estimate of drug-likeness (QED) is 0.713. The van der Waals surface area contributed by atoms with Crippen molar-refractivity contribution in [3.63, 3.8) is 0 Å². The lowest BCUT2D eigenvalue weighted by molar-refractivity contribution is 0.161. The van der Waals surface area contributed by atoms with Gasteiger partial charge in [-0.05, 0) is 31.6 Å². The van der Waals surface area contributed by atoms with Gasteiger partial charge in [0.15, 0.2) is 0 Å². The van der Waals surface area contributed by atoms with E-state index in [9.17, 15) is 0 Å². The van der Waals surface area contributed by atoms with Gasteiger partial charge >= 0.3 is 0 Å². The van der Waals surface area contributed by atoms with Crippen molar-refractivity contribution in [2.45, 2.75) is 72.4 Å². The zero-order chi connectivity index (χ0) is 13.5. The smallest absolute Gasteiger partial charge is 0.0192 e. The molecule has 0 aliphatic heterocycles. The zero-order valence-corrected chi connectivity index (χ0v) is 13.2. The first kappa shape index (κ1) is 16.0. The molecule has 1 fully saturated rings. The highest BCUT2D eigenvalue weighted by molar-refractivity contribution is 4.78. The second-order valence-corrected chi connectivity index (χ2v) is 6.98. The van der Waals surface area contributed by atoms with Crippen molar-refractivity contribution < 1.29 is 0 Å². The summed E-state index contributed by atoms with van der Waals surface area (Å²) in [4.78, 5) is 2.66. The van der Waals surface area contributed by atoms with Gasteiger partial charge in [-0.2, -0.15) is 0 Å². The van der Waals surface area contributed by atoms with Crippen LogP contribution in [-0.2, 0) is 0 Å². The molecule has 108 valence electrons. The minimum absolute atomic E-state index is 0.662. The molecule has 2 heteroatoms. The molecule has 2 nitrogen and oxygen atoms in total. The molecule has 0 aromatic carbocycles. The zero-order valence-electron chi connectivity index (χ0n) is 13.2. The van der Waals surface area contributed by atoms with E-state index in [4.69, 9.17) is 0 Å². The predicted octanol–water partition coefficient (Wildman–Crippen LogP) is 3.52. The van der Waals surface area contributed by atoms with Crippen LogP contribution in [0.15, 0.2) is 0 Å². The lowest BCUT2D eigenvalue weighted by Gasteiger charge is -2.33. The largest absolute Gasteiger partial charge is 0.312 e. The van der Waals surface area contributed by atoms with E-state index in [1.165, 1.54) is 38.8 Å². The van der Waals surface area contributed by atoms with Gasteiger partial charge in [-0.1, -0.05) is 40.5 Å². The van der Waals surface area contributed by atoms with E-state index >= 15 is 0 Å². The van der Waals surface area contributed by atoms with Crippen molar-refractivity contribution in [1.29, 1.82) is 0 Å². The lowest BCUT2D eigenvalue weighted by atomic mass is 10.1. The Labute approximate surface area is 115 Å². The summed E-state index contributed by atoms with van der Waals surface area (Å²) in [7, 11) is 0. The lowest BCUT2D eigenvalue weighted by Crippen LogP contribution is -2.45. The van der Waals surface area contributed by atoms with Crippen LogP contribution in [0, 0.1) is 11.8 Å². The van der Waals surface area contributed by atoms with E-state index in [1.54, 1.807) is 0 Å². The second kappa shape index (κ2) is 8.16. The van der Waals surface area contributed by atoms with Gasteiger partial charge in [0.2, 0.25) is 0 Å². The Hall–Kier alpha value is -0.0800. The third kappa shape index (κ3) is 6.19. The highest BCUT2D eigenvalue weighted by Crippen LogP contribution is 2.18. The van der Waals surface area contributed by atoms with Crippen molar-refractivity contribution in [2.24, 2.45) is 11.8 Å². The number of hydrogen-bond donors (Lipinski definition) is 1. The SMILES string of the molecule is CC(C)CN(CC(C)C)C(C)CNC1CCCC1. The van der Waals surface area contributed by atoms with Crippen molar-refractivity contribution in [2.75, 3.05) is 19.6 Å². The Balaban J connectivity index is 2.34. The Bertz CT molecular complexity index is 197. The van der Waals surface area contributed by atoms with Gasteiger partial charge in [-0.25, -0.2) is 0 Å². The van der Waals surface area contributed by atoms with Crippen LogP contribution in [0.25, 0.3) is 0 Å². The number of hydrogen-bond acceptors (Lipinski definition) is 2. The molecular formula is C16H34N2. The van der Waals surface area contributed by atoms with E-state index in [1.807, 2.05) is 0 Å². The van der Waals surface area contributed by atoms with E-state index in [0.29, 0.717) is 6.04 Å². The average molecular weight is 254 g/mol. The first-order valence-electron chi connectivity index (χ1n) is 7.96. The molecule has 0 bridgehead atoms. The molecule has 1 atom stereocenters. The third-order valence-electron chi connectivity index (χ3n) is 3.88. The van der Waals surface area contributed by atoms with E-state index < -0.39 is 0 Å². The highest BCUT2D eigenvalue weighted by Gasteiger charge is 2.19. The molecular weight excluding hydrogens is 220 g/mol.